The average molecular weight is 299 g/mol. The lowest BCUT2D eigenvalue weighted by molar-refractivity contribution is -0.0498. The molecule has 2 aromatic rings. The smallest absolute Gasteiger partial charge is 0.387 e. The molecule has 1 heterocycles. The van der Waals surface area contributed by atoms with Crippen LogP contribution >= 0.6 is 11.3 Å². The van der Waals surface area contributed by atoms with Gasteiger partial charge < -0.3 is 15.6 Å². The van der Waals surface area contributed by atoms with E-state index in [-0.39, 0.29) is 16.3 Å². The molecule has 1 aromatic heterocycles. The maximum Gasteiger partial charge on any atom is 0.387 e. The molecule has 106 valence electrons. The van der Waals surface area contributed by atoms with Gasteiger partial charge in [-0.2, -0.15) is 8.78 Å². The minimum absolute atomic E-state index is 0.0457. The van der Waals surface area contributed by atoms with Gasteiger partial charge in [0, 0.05) is 4.88 Å². The second-order valence-corrected chi connectivity index (χ2v) is 5.03. The summed E-state index contributed by atoms with van der Waals surface area (Å²) in [5.74, 6) is -1.04. The zero-order chi connectivity index (χ0) is 14.9. The quantitative estimate of drug-likeness (QED) is 0.904. The van der Waals surface area contributed by atoms with E-state index in [9.17, 15) is 13.6 Å². The molecule has 0 bridgehead atoms. The van der Waals surface area contributed by atoms with Crippen LogP contribution in [0.3, 0.4) is 0 Å². The van der Waals surface area contributed by atoms with Crippen LogP contribution in [0.25, 0.3) is 10.4 Å². The molecule has 0 amide bonds. The van der Waals surface area contributed by atoms with Gasteiger partial charge in [0.2, 0.25) is 0 Å². The number of nitrogen functional groups attached to an aromatic ring is 1. The van der Waals surface area contributed by atoms with E-state index in [2.05, 4.69) is 4.74 Å². The van der Waals surface area contributed by atoms with E-state index in [4.69, 9.17) is 10.8 Å². The number of alkyl halides is 2. The van der Waals surface area contributed by atoms with Crippen LogP contribution in [0.1, 0.15) is 15.2 Å². The third kappa shape index (κ3) is 2.72. The Morgan fingerprint density at radius 2 is 1.95 bits per heavy atom. The van der Waals surface area contributed by atoms with Gasteiger partial charge in [0.15, 0.2) is 0 Å². The summed E-state index contributed by atoms with van der Waals surface area (Å²) in [6.45, 7) is -1.16. The molecule has 0 aliphatic heterocycles. The predicted octanol–water partition coefficient (Wildman–Crippen LogP) is 3.61. The van der Waals surface area contributed by atoms with E-state index < -0.39 is 12.6 Å². The summed E-state index contributed by atoms with van der Waals surface area (Å²) in [4.78, 5) is 11.8. The number of hydrogen-bond donors (Lipinski definition) is 2. The first-order valence-corrected chi connectivity index (χ1v) is 6.39. The van der Waals surface area contributed by atoms with Crippen molar-refractivity contribution in [2.75, 3.05) is 5.73 Å². The number of halogens is 2. The molecule has 0 unspecified atom stereocenters. The number of ether oxygens (including phenoxy) is 1. The number of aromatic carboxylic acids is 1. The minimum atomic E-state index is -2.88. The lowest BCUT2D eigenvalue weighted by Crippen LogP contribution is -2.01. The predicted molar refractivity (Wildman–Crippen MR) is 72.5 cm³/mol. The summed E-state index contributed by atoms with van der Waals surface area (Å²) in [5.41, 5.74) is 7.33. The molecule has 20 heavy (non-hydrogen) atoms. The SMILES string of the molecule is Cc1c(-c2ccc(OC(F)F)cc2)sc(C(=O)O)c1N. The Kier molecular flexibility index (Phi) is 3.89. The fourth-order valence-electron chi connectivity index (χ4n) is 1.75. The van der Waals surface area contributed by atoms with Gasteiger partial charge in [-0.05, 0) is 42.3 Å². The van der Waals surface area contributed by atoms with E-state index in [1.54, 1.807) is 19.1 Å². The normalized spacial score (nSPS) is 10.8. The first kappa shape index (κ1) is 14.3. The Bertz CT molecular complexity index is 638. The molecule has 3 N–H and O–H groups in total. The van der Waals surface area contributed by atoms with Gasteiger partial charge in [-0.25, -0.2) is 4.79 Å². The van der Waals surface area contributed by atoms with E-state index in [1.807, 2.05) is 0 Å². The summed E-state index contributed by atoms with van der Waals surface area (Å²) in [6.07, 6.45) is 0. The van der Waals surface area contributed by atoms with Crippen molar-refractivity contribution in [3.05, 3.63) is 34.7 Å². The van der Waals surface area contributed by atoms with Crippen LogP contribution in [0, 0.1) is 6.92 Å². The number of nitrogens with two attached hydrogens (primary N) is 1. The zero-order valence-corrected chi connectivity index (χ0v) is 11.2. The molecule has 2 rings (SSSR count). The Balaban J connectivity index is 2.37. The highest BCUT2D eigenvalue weighted by Crippen LogP contribution is 2.38. The Hall–Kier alpha value is -2.15. The van der Waals surface area contributed by atoms with Gasteiger partial charge in [-0.1, -0.05) is 0 Å². The Labute approximate surface area is 117 Å². The first-order chi connectivity index (χ1) is 9.40. The van der Waals surface area contributed by atoms with Gasteiger partial charge >= 0.3 is 12.6 Å². The van der Waals surface area contributed by atoms with E-state index in [0.717, 1.165) is 11.3 Å². The minimum Gasteiger partial charge on any atom is -0.477 e. The number of carboxylic acids is 1. The highest BCUT2D eigenvalue weighted by atomic mass is 32.1. The van der Waals surface area contributed by atoms with Crippen molar-refractivity contribution in [1.82, 2.24) is 0 Å². The molecule has 0 atom stereocenters. The van der Waals surface area contributed by atoms with Crippen molar-refractivity contribution in [2.24, 2.45) is 0 Å². The van der Waals surface area contributed by atoms with Crippen molar-refractivity contribution >= 4 is 23.0 Å². The molecule has 0 saturated carbocycles. The van der Waals surface area contributed by atoms with Crippen molar-refractivity contribution in [3.63, 3.8) is 0 Å². The standard InChI is InChI=1S/C13H11F2NO3S/c1-6-9(16)11(12(17)18)20-10(6)7-2-4-8(5-3-7)19-13(14)15/h2-5,13H,16H2,1H3,(H,17,18). The largest absolute Gasteiger partial charge is 0.477 e. The van der Waals surface area contributed by atoms with Crippen LogP contribution in [0.15, 0.2) is 24.3 Å². The zero-order valence-electron chi connectivity index (χ0n) is 10.4. The molecular formula is C13H11F2NO3S. The van der Waals surface area contributed by atoms with Gasteiger partial charge in [-0.3, -0.25) is 0 Å². The molecule has 4 nitrogen and oxygen atoms in total. The number of anilines is 1. The van der Waals surface area contributed by atoms with Crippen LogP contribution in [0.5, 0.6) is 5.75 Å². The summed E-state index contributed by atoms with van der Waals surface area (Å²) in [7, 11) is 0. The topological polar surface area (TPSA) is 72.5 Å². The van der Waals surface area contributed by atoms with E-state index in [1.165, 1.54) is 12.1 Å². The van der Waals surface area contributed by atoms with Crippen LogP contribution in [0.4, 0.5) is 14.5 Å². The molecule has 1 aromatic carbocycles. The molecule has 0 radical (unpaired) electrons. The van der Waals surface area contributed by atoms with Crippen molar-refractivity contribution < 1.29 is 23.4 Å². The van der Waals surface area contributed by atoms with Crippen molar-refractivity contribution in [3.8, 4) is 16.2 Å². The van der Waals surface area contributed by atoms with Gasteiger partial charge in [-0.15, -0.1) is 11.3 Å². The van der Waals surface area contributed by atoms with Gasteiger partial charge in [0.05, 0.1) is 5.69 Å². The highest BCUT2D eigenvalue weighted by Gasteiger charge is 2.18. The molecular weight excluding hydrogens is 288 g/mol. The van der Waals surface area contributed by atoms with E-state index in [0.29, 0.717) is 16.0 Å². The summed E-state index contributed by atoms with van der Waals surface area (Å²) < 4.78 is 28.4. The van der Waals surface area contributed by atoms with Crippen LogP contribution in [0.2, 0.25) is 0 Å². The number of thiophene rings is 1. The lowest BCUT2D eigenvalue weighted by atomic mass is 10.1. The fourth-order valence-corrected chi connectivity index (χ4v) is 2.82. The van der Waals surface area contributed by atoms with Crippen molar-refractivity contribution in [1.29, 1.82) is 0 Å². The Morgan fingerprint density at radius 1 is 1.35 bits per heavy atom. The third-order valence-corrected chi connectivity index (χ3v) is 4.07. The van der Waals surface area contributed by atoms with Crippen LogP contribution in [-0.4, -0.2) is 17.7 Å². The fraction of sp³-hybridized carbons (Fsp3) is 0.154. The number of carboxylic acid groups (broad SMARTS) is 1. The summed E-state index contributed by atoms with van der Waals surface area (Å²) in [5, 5.41) is 9.02. The maximum atomic E-state index is 12.1. The summed E-state index contributed by atoms with van der Waals surface area (Å²) >= 11 is 1.05. The highest BCUT2D eigenvalue weighted by molar-refractivity contribution is 7.18. The van der Waals surface area contributed by atoms with Gasteiger partial charge in [0.25, 0.3) is 0 Å². The van der Waals surface area contributed by atoms with E-state index >= 15 is 0 Å². The first-order valence-electron chi connectivity index (χ1n) is 5.57. The Morgan fingerprint density at radius 3 is 2.40 bits per heavy atom. The molecule has 0 saturated heterocycles. The number of hydrogen-bond acceptors (Lipinski definition) is 4. The molecule has 7 heteroatoms. The molecule has 0 aliphatic rings. The molecule has 0 spiro atoms. The second kappa shape index (κ2) is 5.46. The number of benzene rings is 1. The van der Waals surface area contributed by atoms with Crippen LogP contribution in [-0.2, 0) is 0 Å². The number of rotatable bonds is 4. The van der Waals surface area contributed by atoms with Crippen LogP contribution < -0.4 is 10.5 Å². The molecule has 0 aliphatic carbocycles. The maximum absolute atomic E-state index is 12.1. The third-order valence-electron chi connectivity index (χ3n) is 2.73. The second-order valence-electron chi connectivity index (χ2n) is 4.01. The van der Waals surface area contributed by atoms with Gasteiger partial charge in [0.1, 0.15) is 10.6 Å². The average Bonchev–Trinajstić information content (AvgIpc) is 2.67. The van der Waals surface area contributed by atoms with Crippen molar-refractivity contribution in [2.45, 2.75) is 13.5 Å². The lowest BCUT2D eigenvalue weighted by Gasteiger charge is -2.05. The monoisotopic (exact) mass is 299 g/mol. The molecule has 0 fully saturated rings. The number of carbonyl (C=O) groups is 1. The summed E-state index contributed by atoms with van der Waals surface area (Å²) in [6, 6.07) is 5.97.